The van der Waals surface area contributed by atoms with Gasteiger partial charge in [-0.25, -0.2) is 19.9 Å². The lowest BCUT2D eigenvalue weighted by atomic mass is 10.0. The second-order valence-corrected chi connectivity index (χ2v) is 9.41. The van der Waals surface area contributed by atoms with E-state index in [0.29, 0.717) is 0 Å². The van der Waals surface area contributed by atoms with Gasteiger partial charge in [-0.3, -0.25) is 0 Å². The van der Waals surface area contributed by atoms with Crippen LogP contribution in [0.15, 0.2) is 24.8 Å². The van der Waals surface area contributed by atoms with E-state index < -0.39 is 0 Å². The monoisotopic (exact) mass is 409 g/mol. The molecule has 0 amide bonds. The largest absolute Gasteiger partial charge is 0.356 e. The Morgan fingerprint density at radius 3 is 2.38 bits per heavy atom. The van der Waals surface area contributed by atoms with Crippen molar-refractivity contribution in [2.24, 2.45) is 5.92 Å². The van der Waals surface area contributed by atoms with E-state index in [1.807, 2.05) is 0 Å². The second-order valence-electron chi connectivity index (χ2n) is 8.18. The number of hydrogen-bond acceptors (Lipinski definition) is 8. The Hall–Kier alpha value is -2.48. The zero-order valence-electron chi connectivity index (χ0n) is 17.1. The van der Waals surface area contributed by atoms with E-state index in [1.165, 1.54) is 23.1 Å². The number of piperazine rings is 1. The fourth-order valence-electron chi connectivity index (χ4n) is 4.44. The standard InChI is InChI=1S/C21H27N7S/c1-15-4-3-5-28(12-15)19-11-18(22-13-23-19)26-6-8-27(9-7-26)20-17-10-16(2)29-21(17)25-14-24-20/h10-11,13-15H,3-9,12H2,1-2H3. The smallest absolute Gasteiger partial charge is 0.140 e. The minimum atomic E-state index is 0.733. The molecule has 3 aromatic heterocycles. The minimum Gasteiger partial charge on any atom is -0.356 e. The summed E-state index contributed by atoms with van der Waals surface area (Å²) >= 11 is 1.73. The average molecular weight is 410 g/mol. The number of rotatable bonds is 3. The van der Waals surface area contributed by atoms with Gasteiger partial charge in [-0.2, -0.15) is 0 Å². The van der Waals surface area contributed by atoms with Gasteiger partial charge in [0, 0.05) is 50.2 Å². The molecule has 2 saturated heterocycles. The predicted molar refractivity (Wildman–Crippen MR) is 119 cm³/mol. The van der Waals surface area contributed by atoms with Crippen molar-refractivity contribution in [1.82, 2.24) is 19.9 Å². The number of fused-ring (bicyclic) bond motifs is 1. The SMILES string of the molecule is Cc1cc2c(N3CCN(c4cc(N5CCCC(C)C5)ncn4)CC3)ncnc2s1. The summed E-state index contributed by atoms with van der Waals surface area (Å²) in [5.74, 6) is 3.89. The van der Waals surface area contributed by atoms with Crippen molar-refractivity contribution < 1.29 is 0 Å². The quantitative estimate of drug-likeness (QED) is 0.657. The molecular weight excluding hydrogens is 382 g/mol. The molecule has 0 radical (unpaired) electrons. The van der Waals surface area contributed by atoms with Gasteiger partial charge in [0.05, 0.1) is 5.39 Å². The Morgan fingerprint density at radius 2 is 1.59 bits per heavy atom. The van der Waals surface area contributed by atoms with Gasteiger partial charge >= 0.3 is 0 Å². The van der Waals surface area contributed by atoms with Crippen molar-refractivity contribution in [3.05, 3.63) is 29.7 Å². The molecule has 0 N–H and O–H groups in total. The van der Waals surface area contributed by atoms with Crippen molar-refractivity contribution in [3.8, 4) is 0 Å². The molecule has 0 spiro atoms. The van der Waals surface area contributed by atoms with Gasteiger partial charge < -0.3 is 14.7 Å². The van der Waals surface area contributed by atoms with Crippen LogP contribution in [0.5, 0.6) is 0 Å². The topological polar surface area (TPSA) is 61.3 Å². The summed E-state index contributed by atoms with van der Waals surface area (Å²) in [6.07, 6.45) is 5.97. The van der Waals surface area contributed by atoms with Gasteiger partial charge in [0.15, 0.2) is 0 Å². The zero-order valence-corrected chi connectivity index (χ0v) is 17.9. The molecule has 0 aliphatic carbocycles. The molecule has 2 aliphatic rings. The molecule has 5 rings (SSSR count). The van der Waals surface area contributed by atoms with Crippen LogP contribution in [-0.4, -0.2) is 59.2 Å². The first kappa shape index (κ1) is 18.5. The van der Waals surface area contributed by atoms with Crippen LogP contribution in [0.1, 0.15) is 24.6 Å². The summed E-state index contributed by atoms with van der Waals surface area (Å²) in [6.45, 7) is 10.4. The molecule has 5 heterocycles. The van der Waals surface area contributed by atoms with Crippen molar-refractivity contribution >= 4 is 39.0 Å². The van der Waals surface area contributed by atoms with E-state index in [1.54, 1.807) is 24.0 Å². The lowest BCUT2D eigenvalue weighted by molar-refractivity contribution is 0.444. The van der Waals surface area contributed by atoms with Crippen LogP contribution in [0.4, 0.5) is 17.5 Å². The number of hydrogen-bond donors (Lipinski definition) is 0. The highest BCUT2D eigenvalue weighted by molar-refractivity contribution is 7.18. The molecule has 0 bridgehead atoms. The highest BCUT2D eigenvalue weighted by Crippen LogP contribution is 2.31. The summed E-state index contributed by atoms with van der Waals surface area (Å²) in [5, 5.41) is 1.17. The van der Waals surface area contributed by atoms with Crippen molar-refractivity contribution in [1.29, 1.82) is 0 Å². The Kier molecular flexibility index (Phi) is 4.95. The predicted octanol–water partition coefficient (Wildman–Crippen LogP) is 3.35. The maximum atomic E-state index is 4.59. The highest BCUT2D eigenvalue weighted by atomic mass is 32.1. The molecule has 29 heavy (non-hydrogen) atoms. The Bertz CT molecular complexity index is 996. The number of nitrogens with zero attached hydrogens (tertiary/aromatic N) is 7. The normalized spacial score (nSPS) is 20.5. The zero-order chi connectivity index (χ0) is 19.8. The van der Waals surface area contributed by atoms with E-state index in [2.05, 4.69) is 60.6 Å². The first-order chi connectivity index (χ1) is 14.2. The number of piperidine rings is 1. The Morgan fingerprint density at radius 1 is 0.862 bits per heavy atom. The van der Waals surface area contributed by atoms with Gasteiger partial charge in [0.25, 0.3) is 0 Å². The van der Waals surface area contributed by atoms with Crippen LogP contribution in [-0.2, 0) is 0 Å². The molecule has 2 fully saturated rings. The van der Waals surface area contributed by atoms with Gasteiger partial charge in [-0.1, -0.05) is 6.92 Å². The van der Waals surface area contributed by atoms with Crippen LogP contribution in [0.2, 0.25) is 0 Å². The van der Waals surface area contributed by atoms with Crippen molar-refractivity contribution in [2.75, 3.05) is 54.0 Å². The summed E-state index contributed by atoms with van der Waals surface area (Å²) in [7, 11) is 0. The third-order valence-corrected chi connectivity index (χ3v) is 6.91. The maximum absolute atomic E-state index is 4.59. The average Bonchev–Trinajstić information content (AvgIpc) is 3.14. The molecule has 0 aromatic carbocycles. The van der Waals surface area contributed by atoms with E-state index in [-0.39, 0.29) is 0 Å². The summed E-state index contributed by atoms with van der Waals surface area (Å²) in [4.78, 5) is 27.7. The molecule has 1 unspecified atom stereocenters. The summed E-state index contributed by atoms with van der Waals surface area (Å²) < 4.78 is 0. The third kappa shape index (κ3) is 3.73. The Balaban J connectivity index is 1.30. The molecule has 152 valence electrons. The minimum absolute atomic E-state index is 0.733. The fourth-order valence-corrected chi connectivity index (χ4v) is 5.29. The van der Waals surface area contributed by atoms with Crippen LogP contribution in [0, 0.1) is 12.8 Å². The lowest BCUT2D eigenvalue weighted by Crippen LogP contribution is -2.47. The van der Waals surface area contributed by atoms with E-state index in [4.69, 9.17) is 0 Å². The second kappa shape index (κ2) is 7.74. The van der Waals surface area contributed by atoms with Crippen LogP contribution < -0.4 is 14.7 Å². The number of aromatic nitrogens is 4. The third-order valence-electron chi connectivity index (χ3n) is 5.95. The van der Waals surface area contributed by atoms with Gasteiger partial charge in [-0.15, -0.1) is 11.3 Å². The molecule has 3 aromatic rings. The maximum Gasteiger partial charge on any atom is 0.140 e. The Labute approximate surface area is 175 Å². The number of anilines is 3. The van der Waals surface area contributed by atoms with Crippen molar-refractivity contribution in [3.63, 3.8) is 0 Å². The molecule has 7 nitrogen and oxygen atoms in total. The molecule has 8 heteroatoms. The van der Waals surface area contributed by atoms with Crippen LogP contribution in [0.25, 0.3) is 10.2 Å². The van der Waals surface area contributed by atoms with Gasteiger partial charge in [-0.05, 0) is 31.7 Å². The van der Waals surface area contributed by atoms with E-state index in [0.717, 1.165) is 67.5 Å². The van der Waals surface area contributed by atoms with Crippen molar-refractivity contribution in [2.45, 2.75) is 26.7 Å². The van der Waals surface area contributed by atoms with E-state index in [9.17, 15) is 0 Å². The first-order valence-electron chi connectivity index (χ1n) is 10.5. The van der Waals surface area contributed by atoms with Gasteiger partial charge in [0.1, 0.15) is 34.9 Å². The first-order valence-corrected chi connectivity index (χ1v) is 11.3. The summed E-state index contributed by atoms with van der Waals surface area (Å²) in [5.41, 5.74) is 0. The molecule has 2 aliphatic heterocycles. The number of thiophene rings is 1. The van der Waals surface area contributed by atoms with E-state index >= 15 is 0 Å². The number of aryl methyl sites for hydroxylation is 1. The molecule has 0 saturated carbocycles. The fraction of sp³-hybridized carbons (Fsp3) is 0.524. The molecule has 1 atom stereocenters. The van der Waals surface area contributed by atoms with Crippen LogP contribution in [0.3, 0.4) is 0 Å². The highest BCUT2D eigenvalue weighted by Gasteiger charge is 2.23. The van der Waals surface area contributed by atoms with Crippen LogP contribution >= 0.6 is 11.3 Å². The summed E-state index contributed by atoms with van der Waals surface area (Å²) in [6, 6.07) is 4.37. The van der Waals surface area contributed by atoms with Gasteiger partial charge in [0.2, 0.25) is 0 Å². The lowest BCUT2D eigenvalue weighted by Gasteiger charge is -2.37. The molecular formula is C21H27N7S.